The van der Waals surface area contributed by atoms with Crippen molar-refractivity contribution >= 4 is 21.6 Å². The summed E-state index contributed by atoms with van der Waals surface area (Å²) in [6.07, 6.45) is 0. The summed E-state index contributed by atoms with van der Waals surface area (Å²) in [6, 6.07) is 15.7. The van der Waals surface area contributed by atoms with Crippen LogP contribution in [0.4, 0.5) is 5.69 Å². The van der Waals surface area contributed by atoms with E-state index in [1.807, 2.05) is 37.3 Å². The summed E-state index contributed by atoms with van der Waals surface area (Å²) in [5.74, 6) is -0.274. The van der Waals surface area contributed by atoms with Gasteiger partial charge in [-0.05, 0) is 31.2 Å². The standard InChI is InChI=1S/C18H18N2O3S/c1-14-8-10-17(11-9-14)24(22,23)20-13-18(21)19(12-15(20)2)16-6-4-3-5-7-16/h3-11H,2,12-13H2,1H3. The van der Waals surface area contributed by atoms with Gasteiger partial charge >= 0.3 is 0 Å². The smallest absolute Gasteiger partial charge is 0.264 e. The molecule has 1 fully saturated rings. The highest BCUT2D eigenvalue weighted by molar-refractivity contribution is 7.89. The lowest BCUT2D eigenvalue weighted by molar-refractivity contribution is -0.119. The number of rotatable bonds is 3. The molecule has 1 saturated heterocycles. The number of anilines is 1. The number of carbonyl (C=O) groups excluding carboxylic acids is 1. The molecule has 124 valence electrons. The highest BCUT2D eigenvalue weighted by Gasteiger charge is 2.35. The number of para-hydroxylation sites is 1. The largest absolute Gasteiger partial charge is 0.305 e. The number of piperazine rings is 1. The van der Waals surface area contributed by atoms with Crippen LogP contribution in [-0.4, -0.2) is 31.7 Å². The predicted octanol–water partition coefficient (Wildman–Crippen LogP) is 2.55. The van der Waals surface area contributed by atoms with Gasteiger partial charge in [0.2, 0.25) is 5.91 Å². The summed E-state index contributed by atoms with van der Waals surface area (Å²) in [5, 5.41) is 0. The number of hydrogen-bond acceptors (Lipinski definition) is 3. The molecule has 1 aliphatic rings. The van der Waals surface area contributed by atoms with Crippen LogP contribution in [-0.2, 0) is 14.8 Å². The van der Waals surface area contributed by atoms with Crippen molar-refractivity contribution in [3.63, 3.8) is 0 Å². The van der Waals surface area contributed by atoms with Gasteiger partial charge < -0.3 is 4.90 Å². The number of nitrogens with zero attached hydrogens (tertiary/aromatic N) is 2. The molecule has 24 heavy (non-hydrogen) atoms. The second-order valence-corrected chi connectivity index (χ2v) is 7.57. The number of aryl methyl sites for hydroxylation is 1. The van der Waals surface area contributed by atoms with Gasteiger partial charge in [-0.25, -0.2) is 8.42 Å². The molecule has 1 amide bonds. The van der Waals surface area contributed by atoms with Crippen LogP contribution >= 0.6 is 0 Å². The Kier molecular flexibility index (Phi) is 4.15. The molecule has 2 aromatic rings. The van der Waals surface area contributed by atoms with Crippen molar-refractivity contribution in [2.45, 2.75) is 11.8 Å². The van der Waals surface area contributed by atoms with Gasteiger partial charge in [0.25, 0.3) is 10.0 Å². The molecule has 0 atom stereocenters. The minimum Gasteiger partial charge on any atom is -0.305 e. The topological polar surface area (TPSA) is 57.7 Å². The molecule has 1 aliphatic heterocycles. The van der Waals surface area contributed by atoms with E-state index in [0.717, 1.165) is 15.6 Å². The van der Waals surface area contributed by atoms with E-state index in [1.165, 1.54) is 0 Å². The Hall–Kier alpha value is -2.60. The van der Waals surface area contributed by atoms with Crippen molar-refractivity contribution < 1.29 is 13.2 Å². The lowest BCUT2D eigenvalue weighted by atomic mass is 10.2. The maximum atomic E-state index is 12.8. The molecule has 0 spiro atoms. The third kappa shape index (κ3) is 2.92. The van der Waals surface area contributed by atoms with Crippen molar-refractivity contribution in [3.8, 4) is 0 Å². The first kappa shape index (κ1) is 16.3. The third-order valence-corrected chi connectivity index (χ3v) is 5.79. The molecule has 5 nitrogen and oxygen atoms in total. The van der Waals surface area contributed by atoms with Crippen LogP contribution in [0.15, 0.2) is 71.8 Å². The van der Waals surface area contributed by atoms with Gasteiger partial charge in [-0.1, -0.05) is 42.5 Å². The SMILES string of the molecule is C=C1CN(c2ccccc2)C(=O)CN1S(=O)(=O)c1ccc(C)cc1. The molecule has 0 saturated carbocycles. The number of hydrogen-bond donors (Lipinski definition) is 0. The zero-order valence-electron chi connectivity index (χ0n) is 13.3. The van der Waals surface area contributed by atoms with E-state index in [9.17, 15) is 13.2 Å². The monoisotopic (exact) mass is 342 g/mol. The lowest BCUT2D eigenvalue weighted by Gasteiger charge is -2.36. The summed E-state index contributed by atoms with van der Waals surface area (Å²) in [4.78, 5) is 14.2. The molecule has 0 aliphatic carbocycles. The van der Waals surface area contributed by atoms with Gasteiger partial charge in [0.1, 0.15) is 6.54 Å². The first-order valence-corrected chi connectivity index (χ1v) is 8.96. The molecule has 1 heterocycles. The summed E-state index contributed by atoms with van der Waals surface area (Å²) >= 11 is 0. The van der Waals surface area contributed by atoms with Crippen molar-refractivity contribution in [1.82, 2.24) is 4.31 Å². The zero-order chi connectivity index (χ0) is 17.3. The number of carbonyl (C=O) groups is 1. The van der Waals surface area contributed by atoms with Crippen LogP contribution in [0.5, 0.6) is 0 Å². The first-order valence-electron chi connectivity index (χ1n) is 7.52. The first-order chi connectivity index (χ1) is 11.4. The minimum absolute atomic E-state index is 0.147. The van der Waals surface area contributed by atoms with Gasteiger partial charge in [0.15, 0.2) is 0 Å². The van der Waals surface area contributed by atoms with E-state index in [-0.39, 0.29) is 23.9 Å². The molecule has 3 rings (SSSR count). The maximum absolute atomic E-state index is 12.8. The number of amides is 1. The van der Waals surface area contributed by atoms with Crippen molar-refractivity contribution in [2.24, 2.45) is 0 Å². The predicted molar refractivity (Wildman–Crippen MR) is 93.0 cm³/mol. The molecular weight excluding hydrogens is 324 g/mol. The van der Waals surface area contributed by atoms with E-state index in [2.05, 4.69) is 6.58 Å². The van der Waals surface area contributed by atoms with E-state index < -0.39 is 10.0 Å². The van der Waals surface area contributed by atoms with Crippen LogP contribution in [0.25, 0.3) is 0 Å². The van der Waals surface area contributed by atoms with Gasteiger partial charge in [0.05, 0.1) is 11.4 Å². The molecule has 0 aromatic heterocycles. The minimum atomic E-state index is -3.78. The second-order valence-electron chi connectivity index (χ2n) is 5.71. The molecule has 2 aromatic carbocycles. The molecule has 0 radical (unpaired) electrons. The Labute approximate surface area is 141 Å². The Morgan fingerprint density at radius 2 is 1.58 bits per heavy atom. The average molecular weight is 342 g/mol. The fourth-order valence-electron chi connectivity index (χ4n) is 2.61. The Balaban J connectivity index is 1.88. The molecular formula is C18H18N2O3S. The number of benzene rings is 2. The van der Waals surface area contributed by atoms with E-state index in [0.29, 0.717) is 5.70 Å². The zero-order valence-corrected chi connectivity index (χ0v) is 14.2. The normalized spacial score (nSPS) is 15.7. The van der Waals surface area contributed by atoms with Crippen LogP contribution in [0.3, 0.4) is 0 Å². The maximum Gasteiger partial charge on any atom is 0.264 e. The van der Waals surface area contributed by atoms with Gasteiger partial charge in [-0.15, -0.1) is 0 Å². The average Bonchev–Trinajstić information content (AvgIpc) is 2.57. The summed E-state index contributed by atoms with van der Waals surface area (Å²) in [5.41, 5.74) is 2.08. The Morgan fingerprint density at radius 3 is 2.21 bits per heavy atom. The Morgan fingerprint density at radius 1 is 0.958 bits per heavy atom. The Bertz CT molecular complexity index is 874. The van der Waals surface area contributed by atoms with Gasteiger partial charge in [0, 0.05) is 11.4 Å². The van der Waals surface area contributed by atoms with Crippen molar-refractivity contribution in [2.75, 3.05) is 18.0 Å². The van der Waals surface area contributed by atoms with E-state index >= 15 is 0 Å². The lowest BCUT2D eigenvalue weighted by Crippen LogP contribution is -2.50. The molecule has 6 heteroatoms. The summed E-state index contributed by atoms with van der Waals surface area (Å²) in [6.45, 7) is 5.66. The third-order valence-electron chi connectivity index (χ3n) is 3.95. The second kappa shape index (κ2) is 6.13. The highest BCUT2D eigenvalue weighted by atomic mass is 32.2. The van der Waals surface area contributed by atoms with Crippen LogP contribution in [0.1, 0.15) is 5.56 Å². The highest BCUT2D eigenvalue weighted by Crippen LogP contribution is 2.26. The van der Waals surface area contributed by atoms with Gasteiger partial charge in [-0.3, -0.25) is 9.10 Å². The van der Waals surface area contributed by atoms with Crippen LogP contribution in [0.2, 0.25) is 0 Å². The fourth-order valence-corrected chi connectivity index (χ4v) is 4.02. The summed E-state index contributed by atoms with van der Waals surface area (Å²) in [7, 11) is -3.78. The van der Waals surface area contributed by atoms with Crippen LogP contribution < -0.4 is 4.90 Å². The van der Waals surface area contributed by atoms with Gasteiger partial charge in [-0.2, -0.15) is 0 Å². The van der Waals surface area contributed by atoms with Crippen molar-refractivity contribution in [3.05, 3.63) is 72.4 Å². The molecule has 0 N–H and O–H groups in total. The van der Waals surface area contributed by atoms with E-state index in [1.54, 1.807) is 29.2 Å². The van der Waals surface area contributed by atoms with Crippen LogP contribution in [0, 0.1) is 6.92 Å². The molecule has 0 bridgehead atoms. The van der Waals surface area contributed by atoms with E-state index in [4.69, 9.17) is 0 Å². The quantitative estimate of drug-likeness (QED) is 0.861. The van der Waals surface area contributed by atoms with Crippen molar-refractivity contribution in [1.29, 1.82) is 0 Å². The number of sulfonamides is 1. The molecule has 0 unspecified atom stereocenters. The fraction of sp³-hybridized carbons (Fsp3) is 0.167. The summed E-state index contributed by atoms with van der Waals surface area (Å²) < 4.78 is 26.7.